The average Bonchev–Trinajstić information content (AvgIpc) is 3.15. The number of hydrogen-bond acceptors (Lipinski definition) is 3. The van der Waals surface area contributed by atoms with Crippen molar-refractivity contribution in [3.05, 3.63) is 17.5 Å². The summed E-state index contributed by atoms with van der Waals surface area (Å²) < 4.78 is 1.81. The summed E-state index contributed by atoms with van der Waals surface area (Å²) in [6, 6.07) is -0.755. The third-order valence-electron chi connectivity index (χ3n) is 3.82. The minimum absolute atomic E-state index is 0.0523. The number of carboxylic acid groups (broad SMARTS) is 1. The van der Waals surface area contributed by atoms with Crippen LogP contribution in [0.2, 0.25) is 0 Å². The van der Waals surface area contributed by atoms with E-state index in [4.69, 9.17) is 0 Å². The number of nitrogens with zero attached hydrogens (tertiary/aromatic N) is 3. The van der Waals surface area contributed by atoms with Crippen molar-refractivity contribution in [3.63, 3.8) is 0 Å². The largest absolute Gasteiger partial charge is 0.480 e. The maximum absolute atomic E-state index is 12.7. The van der Waals surface area contributed by atoms with E-state index in [0.29, 0.717) is 11.5 Å². The molecule has 6 heteroatoms. The number of carbonyl (C=O) groups is 2. The van der Waals surface area contributed by atoms with Gasteiger partial charge in [0.05, 0.1) is 11.8 Å². The summed E-state index contributed by atoms with van der Waals surface area (Å²) in [6.45, 7) is 8.35. The molecule has 1 fully saturated rings. The van der Waals surface area contributed by atoms with Gasteiger partial charge in [-0.25, -0.2) is 4.79 Å². The molecule has 0 bridgehead atoms. The van der Waals surface area contributed by atoms with Gasteiger partial charge < -0.3 is 10.0 Å². The highest BCUT2D eigenvalue weighted by Crippen LogP contribution is 2.30. The van der Waals surface area contributed by atoms with E-state index in [2.05, 4.69) is 18.9 Å². The number of rotatable bonds is 6. The molecule has 1 aliphatic rings. The number of aliphatic carboxylic acids is 1. The minimum Gasteiger partial charge on any atom is -0.480 e. The Morgan fingerprint density at radius 1 is 1.43 bits per heavy atom. The lowest BCUT2D eigenvalue weighted by atomic mass is 10.1. The van der Waals surface area contributed by atoms with Crippen LogP contribution in [-0.2, 0) is 11.3 Å². The molecular formula is C15H23N3O3. The van der Waals surface area contributed by atoms with Gasteiger partial charge in [-0.3, -0.25) is 9.48 Å². The van der Waals surface area contributed by atoms with E-state index in [9.17, 15) is 14.7 Å². The van der Waals surface area contributed by atoms with Crippen LogP contribution >= 0.6 is 0 Å². The fourth-order valence-electron chi connectivity index (χ4n) is 2.46. The zero-order valence-corrected chi connectivity index (χ0v) is 13.0. The van der Waals surface area contributed by atoms with Crippen molar-refractivity contribution >= 4 is 11.9 Å². The highest BCUT2D eigenvalue weighted by Gasteiger charge is 2.39. The summed E-state index contributed by atoms with van der Waals surface area (Å²) >= 11 is 0. The Kier molecular flexibility index (Phi) is 4.34. The second-order valence-corrected chi connectivity index (χ2v) is 6.18. The van der Waals surface area contributed by atoms with Crippen LogP contribution in [0.1, 0.15) is 49.7 Å². The molecule has 6 nitrogen and oxygen atoms in total. The maximum Gasteiger partial charge on any atom is 0.326 e. The Hall–Kier alpha value is -1.85. The average molecular weight is 293 g/mol. The predicted octanol–water partition coefficient (Wildman–Crippen LogP) is 1.93. The van der Waals surface area contributed by atoms with E-state index in [1.807, 2.05) is 11.6 Å². The second-order valence-electron chi connectivity index (χ2n) is 6.18. The summed E-state index contributed by atoms with van der Waals surface area (Å²) in [5, 5.41) is 13.5. The highest BCUT2D eigenvalue weighted by molar-refractivity contribution is 5.97. The van der Waals surface area contributed by atoms with Crippen molar-refractivity contribution in [1.82, 2.24) is 14.7 Å². The van der Waals surface area contributed by atoms with Gasteiger partial charge in [0.1, 0.15) is 6.04 Å². The van der Waals surface area contributed by atoms with Gasteiger partial charge in [0.15, 0.2) is 0 Å². The van der Waals surface area contributed by atoms with E-state index in [-0.39, 0.29) is 11.9 Å². The van der Waals surface area contributed by atoms with Crippen LogP contribution in [0.5, 0.6) is 0 Å². The molecule has 0 aromatic carbocycles. The van der Waals surface area contributed by atoms with E-state index >= 15 is 0 Å². The molecule has 1 aromatic heterocycles. The lowest BCUT2D eigenvalue weighted by Crippen LogP contribution is -2.44. The Labute approximate surface area is 124 Å². The van der Waals surface area contributed by atoms with E-state index < -0.39 is 12.0 Å². The molecule has 0 spiro atoms. The van der Waals surface area contributed by atoms with E-state index in [1.165, 1.54) is 4.90 Å². The lowest BCUT2D eigenvalue weighted by Gasteiger charge is -2.26. The molecule has 1 atom stereocenters. The first kappa shape index (κ1) is 15.5. The molecule has 0 radical (unpaired) electrons. The van der Waals surface area contributed by atoms with Crippen LogP contribution in [0.15, 0.2) is 6.20 Å². The SMILES string of the molecule is Cc1c(C(=O)N(C2CC2)C(C)C(=O)O)cnn1CC(C)C. The Morgan fingerprint density at radius 2 is 2.05 bits per heavy atom. The molecule has 1 N–H and O–H groups in total. The summed E-state index contributed by atoms with van der Waals surface area (Å²) in [5.74, 6) is -0.758. The van der Waals surface area contributed by atoms with Crippen molar-refractivity contribution in [2.24, 2.45) is 5.92 Å². The Balaban J connectivity index is 2.25. The minimum atomic E-state index is -0.970. The monoisotopic (exact) mass is 293 g/mol. The van der Waals surface area contributed by atoms with Crippen molar-refractivity contribution in [1.29, 1.82) is 0 Å². The topological polar surface area (TPSA) is 75.4 Å². The van der Waals surface area contributed by atoms with Gasteiger partial charge >= 0.3 is 5.97 Å². The van der Waals surface area contributed by atoms with Gasteiger partial charge in [-0.1, -0.05) is 13.8 Å². The number of amides is 1. The van der Waals surface area contributed by atoms with Crippen molar-refractivity contribution in [2.45, 2.75) is 59.2 Å². The highest BCUT2D eigenvalue weighted by atomic mass is 16.4. The van der Waals surface area contributed by atoms with Crippen molar-refractivity contribution in [3.8, 4) is 0 Å². The zero-order chi connectivity index (χ0) is 15.7. The number of carbonyl (C=O) groups excluding carboxylic acids is 1. The standard InChI is InChI=1S/C15H23N3O3/c1-9(2)8-17-10(3)13(7-16-17)14(19)18(12-5-6-12)11(4)15(20)21/h7,9,11-12H,5-6,8H2,1-4H3,(H,20,21). The molecular weight excluding hydrogens is 270 g/mol. The van der Waals surface area contributed by atoms with Crippen LogP contribution in [-0.4, -0.2) is 43.7 Å². The zero-order valence-electron chi connectivity index (χ0n) is 13.0. The summed E-state index contributed by atoms with van der Waals surface area (Å²) in [7, 11) is 0. The Bertz CT molecular complexity index is 546. The maximum atomic E-state index is 12.7. The molecule has 1 unspecified atom stereocenters. The number of carboxylic acids is 1. The van der Waals surface area contributed by atoms with Crippen LogP contribution in [0.3, 0.4) is 0 Å². The molecule has 1 heterocycles. The first-order valence-corrected chi connectivity index (χ1v) is 7.40. The molecule has 1 saturated carbocycles. The van der Waals surface area contributed by atoms with Crippen LogP contribution in [0.4, 0.5) is 0 Å². The summed E-state index contributed by atoms with van der Waals surface area (Å²) in [4.78, 5) is 25.4. The molecule has 0 aliphatic heterocycles. The van der Waals surface area contributed by atoms with Crippen molar-refractivity contribution in [2.75, 3.05) is 0 Å². The van der Waals surface area contributed by atoms with Crippen LogP contribution < -0.4 is 0 Å². The molecule has 2 rings (SSSR count). The van der Waals surface area contributed by atoms with Gasteiger partial charge in [-0.05, 0) is 32.6 Å². The first-order valence-electron chi connectivity index (χ1n) is 7.40. The van der Waals surface area contributed by atoms with E-state index in [1.54, 1.807) is 13.1 Å². The molecule has 1 amide bonds. The van der Waals surface area contributed by atoms with Crippen LogP contribution in [0.25, 0.3) is 0 Å². The smallest absolute Gasteiger partial charge is 0.326 e. The first-order chi connectivity index (χ1) is 9.82. The molecule has 21 heavy (non-hydrogen) atoms. The van der Waals surface area contributed by atoms with Gasteiger partial charge in [-0.2, -0.15) is 5.10 Å². The molecule has 0 saturated heterocycles. The lowest BCUT2D eigenvalue weighted by molar-refractivity contribution is -0.141. The van der Waals surface area contributed by atoms with Crippen molar-refractivity contribution < 1.29 is 14.7 Å². The van der Waals surface area contributed by atoms with E-state index in [0.717, 1.165) is 25.1 Å². The third kappa shape index (κ3) is 3.25. The normalized spacial score (nSPS) is 16.0. The summed E-state index contributed by atoms with van der Waals surface area (Å²) in [6.07, 6.45) is 3.31. The summed E-state index contributed by atoms with van der Waals surface area (Å²) in [5.41, 5.74) is 1.31. The van der Waals surface area contributed by atoms with Gasteiger partial charge in [-0.15, -0.1) is 0 Å². The fraction of sp³-hybridized carbons (Fsp3) is 0.667. The predicted molar refractivity (Wildman–Crippen MR) is 78.1 cm³/mol. The number of hydrogen-bond donors (Lipinski definition) is 1. The quantitative estimate of drug-likeness (QED) is 0.869. The third-order valence-corrected chi connectivity index (χ3v) is 3.82. The molecule has 116 valence electrons. The fourth-order valence-corrected chi connectivity index (χ4v) is 2.46. The Morgan fingerprint density at radius 3 is 2.52 bits per heavy atom. The second kappa shape index (κ2) is 5.87. The van der Waals surface area contributed by atoms with Gasteiger partial charge in [0.25, 0.3) is 5.91 Å². The van der Waals surface area contributed by atoms with Gasteiger partial charge in [0.2, 0.25) is 0 Å². The molecule has 1 aliphatic carbocycles. The molecule has 1 aromatic rings. The van der Waals surface area contributed by atoms with Gasteiger partial charge in [0, 0.05) is 18.3 Å². The number of aromatic nitrogens is 2. The van der Waals surface area contributed by atoms with Crippen LogP contribution in [0, 0.1) is 12.8 Å².